The van der Waals surface area contributed by atoms with Gasteiger partial charge in [-0.2, -0.15) is 10.2 Å². The molecule has 1 aliphatic heterocycles. The first-order valence-corrected chi connectivity index (χ1v) is 11.0. The van der Waals surface area contributed by atoms with Crippen LogP contribution >= 0.6 is 15.9 Å². The first kappa shape index (κ1) is 22.6. The highest BCUT2D eigenvalue weighted by Gasteiger charge is 2.17. The highest BCUT2D eigenvalue weighted by molar-refractivity contribution is 9.10. The van der Waals surface area contributed by atoms with Gasteiger partial charge < -0.3 is 9.47 Å². The van der Waals surface area contributed by atoms with Crippen molar-refractivity contribution in [3.8, 4) is 17.0 Å². The number of nitrogens with zero attached hydrogens (tertiary/aromatic N) is 3. The Bertz CT molecular complexity index is 828. The molecule has 0 bridgehead atoms. The zero-order valence-corrected chi connectivity index (χ0v) is 19.3. The molecule has 8 nitrogen and oxygen atoms in total. The molecule has 0 atom stereocenters. The number of hydrogen-bond acceptors (Lipinski definition) is 6. The van der Waals surface area contributed by atoms with Crippen LogP contribution in [0.5, 0.6) is 5.75 Å². The average molecular weight is 481 g/mol. The van der Waals surface area contributed by atoms with Crippen molar-refractivity contribution < 1.29 is 19.1 Å². The van der Waals surface area contributed by atoms with Gasteiger partial charge in [-0.1, -0.05) is 0 Å². The molecule has 0 saturated carbocycles. The second-order valence-electron chi connectivity index (χ2n) is 7.43. The summed E-state index contributed by atoms with van der Waals surface area (Å²) in [5, 5.41) is 9.04. The van der Waals surface area contributed by atoms with Crippen LogP contribution in [0.2, 0.25) is 0 Å². The molecule has 164 valence electrons. The van der Waals surface area contributed by atoms with E-state index in [0.29, 0.717) is 24.6 Å². The monoisotopic (exact) mass is 480 g/mol. The highest BCUT2D eigenvalue weighted by Crippen LogP contribution is 2.36. The molecule has 30 heavy (non-hydrogen) atoms. The number of nitrogens with one attached hydrogen (secondary N) is 1. The van der Waals surface area contributed by atoms with Gasteiger partial charge in [-0.05, 0) is 67.2 Å². The number of carbonyl (C=O) groups is 1. The zero-order valence-electron chi connectivity index (χ0n) is 17.7. The van der Waals surface area contributed by atoms with E-state index in [9.17, 15) is 4.79 Å². The number of benzene rings is 1. The molecule has 0 spiro atoms. The van der Waals surface area contributed by atoms with E-state index in [1.54, 1.807) is 16.9 Å². The molecule has 9 heteroatoms. The maximum absolute atomic E-state index is 12.0. The first-order valence-electron chi connectivity index (χ1n) is 10.2. The van der Waals surface area contributed by atoms with Crippen LogP contribution in [0.25, 0.3) is 11.3 Å². The Hall–Kier alpha value is -2.10. The number of rotatable bonds is 7. The molecule has 1 aromatic heterocycles. The summed E-state index contributed by atoms with van der Waals surface area (Å²) >= 11 is 3.56. The third kappa shape index (κ3) is 6.20. The SMILES string of the molecule is CC(C)OC(=O)Nc1ccc(OCCN2CCCCCO2)c(-c2c(Br)cnn2C)c1. The van der Waals surface area contributed by atoms with Gasteiger partial charge in [0, 0.05) is 24.8 Å². The standard InChI is InChI=1S/C21H29BrN4O4/c1-15(2)30-21(27)24-16-7-8-19(17(13-16)20-18(22)14-23-25(20)3)28-12-10-26-9-5-4-6-11-29-26/h7-8,13-15H,4-6,9-12H2,1-3H3,(H,24,27). The van der Waals surface area contributed by atoms with Crippen LogP contribution in [-0.4, -0.2) is 53.3 Å². The third-order valence-electron chi connectivity index (χ3n) is 4.64. The van der Waals surface area contributed by atoms with E-state index in [0.717, 1.165) is 41.7 Å². The fraction of sp³-hybridized carbons (Fsp3) is 0.524. The number of aromatic nitrogens is 2. The van der Waals surface area contributed by atoms with Crippen molar-refractivity contribution in [1.82, 2.24) is 14.8 Å². The van der Waals surface area contributed by atoms with E-state index < -0.39 is 6.09 Å². The van der Waals surface area contributed by atoms with Gasteiger partial charge in [0.15, 0.2) is 0 Å². The molecule has 2 aromatic rings. The Labute approximate surface area is 185 Å². The minimum atomic E-state index is -0.494. The van der Waals surface area contributed by atoms with E-state index >= 15 is 0 Å². The Morgan fingerprint density at radius 1 is 1.33 bits per heavy atom. The molecular weight excluding hydrogens is 452 g/mol. The topological polar surface area (TPSA) is 77.8 Å². The zero-order chi connectivity index (χ0) is 21.5. The number of ether oxygens (including phenoxy) is 2. The minimum absolute atomic E-state index is 0.195. The molecule has 1 saturated heterocycles. The number of anilines is 1. The molecule has 1 aromatic carbocycles. The van der Waals surface area contributed by atoms with Gasteiger partial charge in [-0.3, -0.25) is 14.8 Å². The second-order valence-corrected chi connectivity index (χ2v) is 8.28. The third-order valence-corrected chi connectivity index (χ3v) is 5.22. The lowest BCUT2D eigenvalue weighted by atomic mass is 10.1. The van der Waals surface area contributed by atoms with E-state index in [-0.39, 0.29) is 6.10 Å². The van der Waals surface area contributed by atoms with Gasteiger partial charge in [0.1, 0.15) is 12.4 Å². The number of hydrogen-bond donors (Lipinski definition) is 1. The Morgan fingerprint density at radius 3 is 2.90 bits per heavy atom. The smallest absolute Gasteiger partial charge is 0.411 e. The van der Waals surface area contributed by atoms with Crippen molar-refractivity contribution in [3.63, 3.8) is 0 Å². The van der Waals surface area contributed by atoms with E-state index in [1.807, 2.05) is 38.1 Å². The first-order chi connectivity index (χ1) is 14.4. The molecule has 0 unspecified atom stereocenters. The Balaban J connectivity index is 1.76. The molecule has 0 radical (unpaired) electrons. The molecule has 1 aliphatic rings. The van der Waals surface area contributed by atoms with Crippen molar-refractivity contribution in [1.29, 1.82) is 0 Å². The van der Waals surface area contributed by atoms with Crippen molar-refractivity contribution >= 4 is 27.7 Å². The number of carbonyl (C=O) groups excluding carboxylic acids is 1. The number of halogens is 1. The van der Waals surface area contributed by atoms with Crippen LogP contribution in [0.4, 0.5) is 10.5 Å². The van der Waals surface area contributed by atoms with Crippen LogP contribution in [0.1, 0.15) is 33.1 Å². The van der Waals surface area contributed by atoms with E-state index in [2.05, 4.69) is 26.3 Å². The molecular formula is C21H29BrN4O4. The summed E-state index contributed by atoms with van der Waals surface area (Å²) in [6, 6.07) is 5.51. The van der Waals surface area contributed by atoms with Gasteiger partial charge in [-0.25, -0.2) is 4.79 Å². The van der Waals surface area contributed by atoms with Gasteiger partial charge in [-0.15, -0.1) is 0 Å². The predicted molar refractivity (Wildman–Crippen MR) is 118 cm³/mol. The fourth-order valence-corrected chi connectivity index (χ4v) is 3.81. The van der Waals surface area contributed by atoms with Crippen molar-refractivity contribution in [3.05, 3.63) is 28.9 Å². The normalized spacial score (nSPS) is 15.1. The summed E-state index contributed by atoms with van der Waals surface area (Å²) < 4.78 is 13.9. The number of amides is 1. The Kier molecular flexibility index (Phi) is 8.12. The van der Waals surface area contributed by atoms with Gasteiger partial charge in [0.25, 0.3) is 0 Å². The maximum Gasteiger partial charge on any atom is 0.411 e. The lowest BCUT2D eigenvalue weighted by Gasteiger charge is -2.20. The van der Waals surface area contributed by atoms with E-state index in [4.69, 9.17) is 14.3 Å². The van der Waals surface area contributed by atoms with Gasteiger partial charge in [0.2, 0.25) is 0 Å². The highest BCUT2D eigenvalue weighted by atomic mass is 79.9. The van der Waals surface area contributed by atoms with Crippen molar-refractivity contribution in [2.75, 3.05) is 31.6 Å². The molecule has 3 rings (SSSR count). The largest absolute Gasteiger partial charge is 0.491 e. The lowest BCUT2D eigenvalue weighted by molar-refractivity contribution is -0.155. The molecule has 1 fully saturated rings. The van der Waals surface area contributed by atoms with Crippen LogP contribution < -0.4 is 10.1 Å². The second kappa shape index (κ2) is 10.8. The lowest BCUT2D eigenvalue weighted by Crippen LogP contribution is -2.28. The van der Waals surface area contributed by atoms with Crippen LogP contribution in [0.3, 0.4) is 0 Å². The quantitative estimate of drug-likeness (QED) is 0.623. The molecule has 2 heterocycles. The summed E-state index contributed by atoms with van der Waals surface area (Å²) in [4.78, 5) is 17.8. The van der Waals surface area contributed by atoms with Gasteiger partial charge in [0.05, 0.1) is 35.6 Å². The Morgan fingerprint density at radius 2 is 2.17 bits per heavy atom. The molecule has 1 amide bonds. The predicted octanol–water partition coefficient (Wildman–Crippen LogP) is 4.60. The van der Waals surface area contributed by atoms with Crippen molar-refractivity contribution in [2.45, 2.75) is 39.2 Å². The summed E-state index contributed by atoms with van der Waals surface area (Å²) in [6.45, 7) is 6.48. The van der Waals surface area contributed by atoms with Crippen LogP contribution in [0, 0.1) is 0 Å². The fourth-order valence-electron chi connectivity index (χ4n) is 3.25. The summed E-state index contributed by atoms with van der Waals surface area (Å²) in [5.41, 5.74) is 2.30. The van der Waals surface area contributed by atoms with Gasteiger partial charge >= 0.3 is 6.09 Å². The van der Waals surface area contributed by atoms with E-state index in [1.165, 1.54) is 6.42 Å². The summed E-state index contributed by atoms with van der Waals surface area (Å²) in [6.07, 6.45) is 4.48. The maximum atomic E-state index is 12.0. The molecule has 1 N–H and O–H groups in total. The summed E-state index contributed by atoms with van der Waals surface area (Å²) in [5.74, 6) is 0.705. The number of hydroxylamine groups is 2. The summed E-state index contributed by atoms with van der Waals surface area (Å²) in [7, 11) is 1.86. The molecule has 0 aliphatic carbocycles. The average Bonchev–Trinajstić information content (AvgIpc) is 2.87. The number of aryl methyl sites for hydroxylation is 1. The van der Waals surface area contributed by atoms with Crippen molar-refractivity contribution in [2.24, 2.45) is 7.05 Å². The minimum Gasteiger partial charge on any atom is -0.491 e. The van der Waals surface area contributed by atoms with Crippen LogP contribution in [-0.2, 0) is 16.6 Å². The van der Waals surface area contributed by atoms with Crippen LogP contribution in [0.15, 0.2) is 28.9 Å².